The van der Waals surface area contributed by atoms with Gasteiger partial charge in [-0.2, -0.15) is 0 Å². The fraction of sp³-hybridized carbons (Fsp3) is 0.364. The summed E-state index contributed by atoms with van der Waals surface area (Å²) in [6, 6.07) is 5.30. The first-order chi connectivity index (χ1) is 13.2. The van der Waals surface area contributed by atoms with Crippen LogP contribution >= 0.6 is 0 Å². The van der Waals surface area contributed by atoms with Crippen LogP contribution in [0.2, 0.25) is 0 Å². The van der Waals surface area contributed by atoms with Gasteiger partial charge in [0.2, 0.25) is 0 Å². The van der Waals surface area contributed by atoms with Gasteiger partial charge in [0.05, 0.1) is 32.6 Å². The zero-order chi connectivity index (χ0) is 21.0. The van der Waals surface area contributed by atoms with Crippen LogP contribution in [0.1, 0.15) is 49.9 Å². The molecule has 0 saturated heterocycles. The van der Waals surface area contributed by atoms with Gasteiger partial charge in [0, 0.05) is 24.2 Å². The summed E-state index contributed by atoms with van der Waals surface area (Å²) in [5, 5.41) is 3.29. The molecule has 0 aromatic heterocycles. The number of ketones is 1. The maximum atomic E-state index is 12.2. The fourth-order valence-electron chi connectivity index (χ4n) is 3.53. The van der Waals surface area contributed by atoms with E-state index in [4.69, 9.17) is 14.2 Å². The van der Waals surface area contributed by atoms with E-state index in [0.29, 0.717) is 29.3 Å². The van der Waals surface area contributed by atoms with Crippen molar-refractivity contribution in [3.63, 3.8) is 0 Å². The van der Waals surface area contributed by atoms with Crippen molar-refractivity contribution in [2.75, 3.05) is 26.6 Å². The molecule has 0 aliphatic rings. The molecule has 6 heteroatoms. The van der Waals surface area contributed by atoms with E-state index in [-0.39, 0.29) is 5.78 Å². The summed E-state index contributed by atoms with van der Waals surface area (Å²) in [7, 11) is 4.37. The Bertz CT molecular complexity index is 918. The van der Waals surface area contributed by atoms with Crippen LogP contribution in [0.4, 0.5) is 5.69 Å². The Morgan fingerprint density at radius 3 is 2.07 bits per heavy atom. The fourth-order valence-corrected chi connectivity index (χ4v) is 3.53. The minimum Gasteiger partial charge on any atom is -0.493 e. The molecule has 0 aliphatic carbocycles. The zero-order valence-electron chi connectivity index (χ0n) is 17.5. The smallest absolute Gasteiger partial charge is 0.340 e. The molecule has 0 atom stereocenters. The summed E-state index contributed by atoms with van der Waals surface area (Å²) in [5.41, 5.74) is 5.64. The molecule has 1 N–H and O–H groups in total. The molecule has 150 valence electrons. The van der Waals surface area contributed by atoms with Gasteiger partial charge in [-0.1, -0.05) is 6.07 Å². The van der Waals surface area contributed by atoms with Crippen molar-refractivity contribution >= 4 is 17.4 Å². The van der Waals surface area contributed by atoms with Gasteiger partial charge in [0.15, 0.2) is 17.3 Å². The molecule has 0 bridgehead atoms. The summed E-state index contributed by atoms with van der Waals surface area (Å²) in [4.78, 5) is 24.3. The molecular weight excluding hydrogens is 358 g/mol. The number of hydrogen-bond acceptors (Lipinski definition) is 6. The Morgan fingerprint density at radius 1 is 0.929 bits per heavy atom. The summed E-state index contributed by atoms with van der Waals surface area (Å²) in [6.07, 6.45) is 0. The van der Waals surface area contributed by atoms with Crippen LogP contribution in [-0.4, -0.2) is 33.1 Å². The van der Waals surface area contributed by atoms with Crippen molar-refractivity contribution in [2.24, 2.45) is 0 Å². The minimum absolute atomic E-state index is 0.0395. The van der Waals surface area contributed by atoms with Gasteiger partial charge in [-0.15, -0.1) is 0 Å². The first-order valence-electron chi connectivity index (χ1n) is 8.93. The molecule has 0 radical (unpaired) electrons. The first kappa shape index (κ1) is 21.3. The molecule has 6 nitrogen and oxygen atoms in total. The van der Waals surface area contributed by atoms with Gasteiger partial charge in [-0.25, -0.2) is 4.79 Å². The third kappa shape index (κ3) is 4.11. The summed E-state index contributed by atoms with van der Waals surface area (Å²) in [6.45, 7) is 7.92. The van der Waals surface area contributed by atoms with Gasteiger partial charge in [0.1, 0.15) is 0 Å². The molecule has 2 rings (SSSR count). The van der Waals surface area contributed by atoms with E-state index in [2.05, 4.69) is 5.32 Å². The van der Waals surface area contributed by atoms with E-state index >= 15 is 0 Å². The van der Waals surface area contributed by atoms with Crippen LogP contribution in [0.5, 0.6) is 11.5 Å². The molecule has 0 aliphatic heterocycles. The van der Waals surface area contributed by atoms with Crippen LogP contribution in [0.3, 0.4) is 0 Å². The van der Waals surface area contributed by atoms with E-state index in [1.54, 1.807) is 19.1 Å². The van der Waals surface area contributed by atoms with Gasteiger partial charge in [-0.3, -0.25) is 4.79 Å². The van der Waals surface area contributed by atoms with Crippen molar-refractivity contribution in [1.29, 1.82) is 0 Å². The number of Topliss-reactive ketones (excluding diaryl/α,β-unsaturated/α-hetero) is 1. The summed E-state index contributed by atoms with van der Waals surface area (Å²) >= 11 is 0. The Hall–Kier alpha value is -3.02. The average Bonchev–Trinajstić information content (AvgIpc) is 2.65. The highest BCUT2D eigenvalue weighted by atomic mass is 16.5. The van der Waals surface area contributed by atoms with E-state index in [1.165, 1.54) is 21.3 Å². The molecule has 0 saturated carbocycles. The van der Waals surface area contributed by atoms with Crippen molar-refractivity contribution < 1.29 is 23.8 Å². The number of ether oxygens (including phenoxy) is 3. The van der Waals surface area contributed by atoms with Gasteiger partial charge in [0.25, 0.3) is 0 Å². The number of carbonyl (C=O) groups excluding carboxylic acids is 2. The summed E-state index contributed by atoms with van der Waals surface area (Å²) < 4.78 is 15.5. The van der Waals surface area contributed by atoms with Crippen molar-refractivity contribution in [2.45, 2.75) is 34.2 Å². The van der Waals surface area contributed by atoms with E-state index in [9.17, 15) is 9.59 Å². The standard InChI is InChI=1S/C22H27NO5/c1-12-8-13(2)21(15(4)24)14(3)17(12)11-23-18-10-20(27-6)19(26-5)9-16(18)22(25)28-7/h8-10,23H,11H2,1-7H3. The van der Waals surface area contributed by atoms with Gasteiger partial charge >= 0.3 is 5.97 Å². The number of carbonyl (C=O) groups is 2. The highest BCUT2D eigenvalue weighted by Gasteiger charge is 2.19. The number of benzene rings is 2. The predicted molar refractivity (Wildman–Crippen MR) is 109 cm³/mol. The molecular formula is C22H27NO5. The van der Waals surface area contributed by atoms with Crippen LogP contribution < -0.4 is 14.8 Å². The second kappa shape index (κ2) is 8.78. The van der Waals surface area contributed by atoms with E-state index < -0.39 is 5.97 Å². The largest absolute Gasteiger partial charge is 0.493 e. The molecule has 0 heterocycles. The minimum atomic E-state index is -0.481. The molecule has 2 aromatic carbocycles. The third-order valence-electron chi connectivity index (χ3n) is 4.87. The molecule has 0 amide bonds. The lowest BCUT2D eigenvalue weighted by atomic mass is 9.91. The number of aryl methyl sites for hydroxylation is 2. The molecule has 0 spiro atoms. The molecule has 0 fully saturated rings. The topological polar surface area (TPSA) is 73.9 Å². The second-order valence-electron chi connectivity index (χ2n) is 6.64. The van der Waals surface area contributed by atoms with Crippen LogP contribution in [0.25, 0.3) is 0 Å². The second-order valence-corrected chi connectivity index (χ2v) is 6.64. The zero-order valence-corrected chi connectivity index (χ0v) is 17.5. The van der Waals surface area contributed by atoms with Gasteiger partial charge < -0.3 is 19.5 Å². The highest BCUT2D eigenvalue weighted by molar-refractivity contribution is 5.98. The maximum Gasteiger partial charge on any atom is 0.340 e. The number of anilines is 1. The quantitative estimate of drug-likeness (QED) is 0.568. The lowest BCUT2D eigenvalue weighted by Gasteiger charge is -2.19. The van der Waals surface area contributed by atoms with Crippen LogP contribution in [-0.2, 0) is 11.3 Å². The SMILES string of the molecule is COC(=O)c1cc(OC)c(OC)cc1NCc1c(C)cc(C)c(C(C)=O)c1C. The van der Waals surface area contributed by atoms with Crippen molar-refractivity contribution in [1.82, 2.24) is 0 Å². The Balaban J connectivity index is 2.48. The Labute approximate surface area is 165 Å². The number of rotatable bonds is 7. The number of esters is 1. The monoisotopic (exact) mass is 385 g/mol. The normalized spacial score (nSPS) is 10.4. The number of nitrogens with one attached hydrogen (secondary N) is 1. The lowest BCUT2D eigenvalue weighted by Crippen LogP contribution is -2.12. The summed E-state index contributed by atoms with van der Waals surface area (Å²) in [5.74, 6) is 0.497. The lowest BCUT2D eigenvalue weighted by molar-refractivity contribution is 0.0601. The highest BCUT2D eigenvalue weighted by Crippen LogP contribution is 2.34. The molecule has 2 aromatic rings. The van der Waals surface area contributed by atoms with Gasteiger partial charge in [-0.05, 0) is 49.9 Å². The van der Waals surface area contributed by atoms with Crippen molar-refractivity contribution in [3.8, 4) is 11.5 Å². The third-order valence-corrected chi connectivity index (χ3v) is 4.87. The van der Waals surface area contributed by atoms with Crippen LogP contribution in [0, 0.1) is 20.8 Å². The average molecular weight is 385 g/mol. The first-order valence-corrected chi connectivity index (χ1v) is 8.93. The van der Waals surface area contributed by atoms with E-state index in [0.717, 1.165) is 27.8 Å². The van der Waals surface area contributed by atoms with Crippen LogP contribution in [0.15, 0.2) is 18.2 Å². The number of hydrogen-bond donors (Lipinski definition) is 1. The Kier molecular flexibility index (Phi) is 6.67. The molecule has 0 unspecified atom stereocenters. The van der Waals surface area contributed by atoms with Crippen molar-refractivity contribution in [3.05, 3.63) is 51.6 Å². The molecule has 28 heavy (non-hydrogen) atoms. The van der Waals surface area contributed by atoms with E-state index in [1.807, 2.05) is 26.8 Å². The predicted octanol–water partition coefficient (Wildman–Crippen LogP) is 4.23. The number of methoxy groups -OCH3 is 3. The Morgan fingerprint density at radius 2 is 1.54 bits per heavy atom. The maximum absolute atomic E-state index is 12.2.